The summed E-state index contributed by atoms with van der Waals surface area (Å²) in [6.45, 7) is 4.16. The van der Waals surface area contributed by atoms with Crippen LogP contribution in [-0.4, -0.2) is 17.2 Å². The van der Waals surface area contributed by atoms with Gasteiger partial charge in [0.1, 0.15) is 0 Å². The molecule has 0 aliphatic rings. The normalized spacial score (nSPS) is 10.6. The van der Waals surface area contributed by atoms with Crippen LogP contribution in [0, 0.1) is 0 Å². The van der Waals surface area contributed by atoms with Gasteiger partial charge in [-0.15, -0.1) is 12.6 Å². The standard InChI is InChI=1S/C9H13BO2S/c1-6(2)7-3-4-8(10(11)12)9(13)5-7/h3-6,11-13H,1-2H3. The first-order valence-corrected chi connectivity index (χ1v) is 4.66. The van der Waals surface area contributed by atoms with Crippen molar-refractivity contribution in [3.05, 3.63) is 23.8 Å². The van der Waals surface area contributed by atoms with Crippen LogP contribution in [0.25, 0.3) is 0 Å². The van der Waals surface area contributed by atoms with Crippen molar-refractivity contribution >= 4 is 25.2 Å². The maximum atomic E-state index is 8.94. The summed E-state index contributed by atoms with van der Waals surface area (Å²) in [6, 6.07) is 5.45. The highest BCUT2D eigenvalue weighted by atomic mass is 32.1. The summed E-state index contributed by atoms with van der Waals surface area (Å²) in [5, 5.41) is 17.9. The third kappa shape index (κ3) is 2.50. The summed E-state index contributed by atoms with van der Waals surface area (Å²) in [5.74, 6) is 0.427. The number of thiol groups is 1. The quantitative estimate of drug-likeness (QED) is 0.483. The Balaban J connectivity index is 3.06. The molecule has 0 saturated heterocycles. The summed E-state index contributed by atoms with van der Waals surface area (Å²) >= 11 is 4.18. The molecule has 0 fully saturated rings. The molecule has 0 radical (unpaired) electrons. The molecule has 0 bridgehead atoms. The van der Waals surface area contributed by atoms with Gasteiger partial charge >= 0.3 is 7.12 Å². The molecule has 0 aliphatic heterocycles. The van der Waals surface area contributed by atoms with Gasteiger partial charge < -0.3 is 10.0 Å². The molecule has 1 aromatic carbocycles. The summed E-state index contributed by atoms with van der Waals surface area (Å²) in [6.07, 6.45) is 0. The van der Waals surface area contributed by atoms with E-state index >= 15 is 0 Å². The van der Waals surface area contributed by atoms with Crippen LogP contribution in [0.15, 0.2) is 23.1 Å². The molecular formula is C9H13BO2S. The molecule has 4 heteroatoms. The van der Waals surface area contributed by atoms with E-state index in [2.05, 4.69) is 26.5 Å². The first-order chi connectivity index (χ1) is 6.02. The molecule has 0 heterocycles. The molecule has 0 aliphatic carbocycles. The Morgan fingerprint density at radius 3 is 2.31 bits per heavy atom. The van der Waals surface area contributed by atoms with Crippen LogP contribution in [0.4, 0.5) is 0 Å². The van der Waals surface area contributed by atoms with Crippen LogP contribution in [0.5, 0.6) is 0 Å². The van der Waals surface area contributed by atoms with Crippen LogP contribution in [0.2, 0.25) is 0 Å². The van der Waals surface area contributed by atoms with E-state index < -0.39 is 7.12 Å². The summed E-state index contributed by atoms with van der Waals surface area (Å²) < 4.78 is 0. The van der Waals surface area contributed by atoms with Crippen LogP contribution in [0.3, 0.4) is 0 Å². The summed E-state index contributed by atoms with van der Waals surface area (Å²) in [7, 11) is -1.44. The van der Waals surface area contributed by atoms with Crippen molar-refractivity contribution in [3.63, 3.8) is 0 Å². The molecule has 2 N–H and O–H groups in total. The molecule has 2 nitrogen and oxygen atoms in total. The van der Waals surface area contributed by atoms with E-state index in [9.17, 15) is 0 Å². The minimum atomic E-state index is -1.44. The van der Waals surface area contributed by atoms with Crippen LogP contribution >= 0.6 is 12.6 Å². The lowest BCUT2D eigenvalue weighted by atomic mass is 9.79. The topological polar surface area (TPSA) is 40.5 Å². The fraction of sp³-hybridized carbons (Fsp3) is 0.333. The lowest BCUT2D eigenvalue weighted by Gasteiger charge is -2.09. The van der Waals surface area contributed by atoms with Gasteiger partial charge in [0.15, 0.2) is 0 Å². The first-order valence-electron chi connectivity index (χ1n) is 4.21. The second-order valence-electron chi connectivity index (χ2n) is 3.35. The number of benzene rings is 1. The molecular weight excluding hydrogens is 183 g/mol. The second kappa shape index (κ2) is 4.18. The molecule has 0 amide bonds. The summed E-state index contributed by atoms with van der Waals surface area (Å²) in [4.78, 5) is 0.626. The lowest BCUT2D eigenvalue weighted by Crippen LogP contribution is -2.31. The fourth-order valence-electron chi connectivity index (χ4n) is 1.14. The van der Waals surface area contributed by atoms with Gasteiger partial charge in [-0.25, -0.2) is 0 Å². The average molecular weight is 196 g/mol. The van der Waals surface area contributed by atoms with Gasteiger partial charge in [-0.1, -0.05) is 26.0 Å². The monoisotopic (exact) mass is 196 g/mol. The van der Waals surface area contributed by atoms with Crippen molar-refractivity contribution in [3.8, 4) is 0 Å². The van der Waals surface area contributed by atoms with Gasteiger partial charge in [0.25, 0.3) is 0 Å². The highest BCUT2D eigenvalue weighted by Gasteiger charge is 2.14. The Morgan fingerprint density at radius 1 is 1.31 bits per heavy atom. The molecule has 70 valence electrons. The fourth-order valence-corrected chi connectivity index (χ4v) is 1.48. The van der Waals surface area contributed by atoms with Gasteiger partial charge in [-0.2, -0.15) is 0 Å². The van der Waals surface area contributed by atoms with Crippen LogP contribution in [0.1, 0.15) is 25.3 Å². The maximum absolute atomic E-state index is 8.94. The van der Waals surface area contributed by atoms with Crippen molar-refractivity contribution in [2.75, 3.05) is 0 Å². The van der Waals surface area contributed by atoms with E-state index in [-0.39, 0.29) is 0 Å². The molecule has 0 spiro atoms. The van der Waals surface area contributed by atoms with Gasteiger partial charge in [-0.3, -0.25) is 0 Å². The molecule has 1 rings (SSSR count). The molecule has 0 atom stereocenters. The van der Waals surface area contributed by atoms with Crippen molar-refractivity contribution < 1.29 is 10.0 Å². The van der Waals surface area contributed by atoms with Crippen LogP contribution < -0.4 is 5.46 Å². The highest BCUT2D eigenvalue weighted by Crippen LogP contribution is 2.16. The minimum Gasteiger partial charge on any atom is -0.423 e. The van der Waals surface area contributed by atoms with Gasteiger partial charge in [0.05, 0.1) is 0 Å². The predicted molar refractivity (Wildman–Crippen MR) is 57.6 cm³/mol. The first kappa shape index (κ1) is 10.6. The zero-order valence-electron chi connectivity index (χ0n) is 7.73. The van der Waals surface area contributed by atoms with Gasteiger partial charge in [0.2, 0.25) is 0 Å². The van der Waals surface area contributed by atoms with Crippen molar-refractivity contribution in [1.29, 1.82) is 0 Å². The van der Waals surface area contributed by atoms with Gasteiger partial charge in [0, 0.05) is 4.90 Å². The Morgan fingerprint density at radius 2 is 1.92 bits per heavy atom. The Labute approximate surface area is 84.2 Å². The van der Waals surface area contributed by atoms with Gasteiger partial charge in [-0.05, 0) is 23.0 Å². The molecule has 0 aromatic heterocycles. The van der Waals surface area contributed by atoms with E-state index in [0.717, 1.165) is 5.56 Å². The SMILES string of the molecule is CC(C)c1ccc(B(O)O)c(S)c1. The molecule has 0 saturated carbocycles. The smallest absolute Gasteiger partial charge is 0.423 e. The number of hydrogen-bond acceptors (Lipinski definition) is 3. The van der Waals surface area contributed by atoms with E-state index in [4.69, 9.17) is 10.0 Å². The van der Waals surface area contributed by atoms with Crippen molar-refractivity contribution in [1.82, 2.24) is 0 Å². The van der Waals surface area contributed by atoms with Crippen LogP contribution in [-0.2, 0) is 0 Å². The Kier molecular flexibility index (Phi) is 3.42. The molecule has 1 aromatic rings. The Hall–Kier alpha value is -0.445. The molecule has 0 unspecified atom stereocenters. The maximum Gasteiger partial charge on any atom is 0.489 e. The predicted octanol–water partition coefficient (Wildman–Crippen LogP) is 0.778. The average Bonchev–Trinajstić information content (AvgIpc) is 2.03. The largest absolute Gasteiger partial charge is 0.489 e. The second-order valence-corrected chi connectivity index (χ2v) is 3.83. The van der Waals surface area contributed by atoms with E-state index in [1.54, 1.807) is 6.07 Å². The zero-order valence-corrected chi connectivity index (χ0v) is 8.62. The highest BCUT2D eigenvalue weighted by molar-refractivity contribution is 7.80. The summed E-state index contributed by atoms with van der Waals surface area (Å²) in [5.41, 5.74) is 1.60. The Bertz CT molecular complexity index is 300. The minimum absolute atomic E-state index is 0.427. The number of hydrogen-bond donors (Lipinski definition) is 3. The van der Waals surface area contributed by atoms with Crippen molar-refractivity contribution in [2.24, 2.45) is 0 Å². The van der Waals surface area contributed by atoms with E-state index in [0.29, 0.717) is 16.3 Å². The third-order valence-corrected chi connectivity index (χ3v) is 2.39. The third-order valence-electron chi connectivity index (χ3n) is 2.00. The van der Waals surface area contributed by atoms with Crippen molar-refractivity contribution in [2.45, 2.75) is 24.7 Å². The van der Waals surface area contributed by atoms with E-state index in [1.807, 2.05) is 12.1 Å². The zero-order chi connectivity index (χ0) is 10.0. The lowest BCUT2D eigenvalue weighted by molar-refractivity contribution is 0.425. The number of rotatable bonds is 2. The van der Waals surface area contributed by atoms with E-state index in [1.165, 1.54) is 0 Å². The molecule has 13 heavy (non-hydrogen) atoms.